The number of carbonyl (C=O) groups is 1. The van der Waals surface area contributed by atoms with Crippen molar-refractivity contribution in [2.24, 2.45) is 5.73 Å². The van der Waals surface area contributed by atoms with Crippen molar-refractivity contribution in [2.75, 3.05) is 26.2 Å². The molecule has 0 unspecified atom stereocenters. The molecule has 0 aromatic carbocycles. The summed E-state index contributed by atoms with van der Waals surface area (Å²) in [7, 11) is 0. The molecule has 0 aromatic heterocycles. The summed E-state index contributed by atoms with van der Waals surface area (Å²) < 4.78 is 24.2. The molecule has 4 nitrogen and oxygen atoms in total. The van der Waals surface area contributed by atoms with Gasteiger partial charge in [0.15, 0.2) is 0 Å². The summed E-state index contributed by atoms with van der Waals surface area (Å²) in [5.74, 6) is 0. The fourth-order valence-corrected chi connectivity index (χ4v) is 1.08. The van der Waals surface area contributed by atoms with Crippen LogP contribution in [-0.4, -0.2) is 43.5 Å². The SMILES string of the molecule is CCCCNC(=O)N(CCN)CC(F)F. The smallest absolute Gasteiger partial charge is 0.317 e. The van der Waals surface area contributed by atoms with Gasteiger partial charge in [-0.15, -0.1) is 0 Å². The summed E-state index contributed by atoms with van der Waals surface area (Å²) in [5.41, 5.74) is 5.23. The van der Waals surface area contributed by atoms with Gasteiger partial charge >= 0.3 is 6.03 Å². The van der Waals surface area contributed by atoms with Crippen LogP contribution in [0.15, 0.2) is 0 Å². The number of hydrogen-bond donors (Lipinski definition) is 2. The van der Waals surface area contributed by atoms with Crippen LogP contribution in [-0.2, 0) is 0 Å². The van der Waals surface area contributed by atoms with Crippen molar-refractivity contribution < 1.29 is 13.6 Å². The monoisotopic (exact) mass is 223 g/mol. The molecule has 0 aliphatic heterocycles. The van der Waals surface area contributed by atoms with E-state index in [1.807, 2.05) is 6.92 Å². The maximum Gasteiger partial charge on any atom is 0.317 e. The first-order chi connectivity index (χ1) is 7.11. The highest BCUT2D eigenvalue weighted by Crippen LogP contribution is 1.98. The van der Waals surface area contributed by atoms with E-state index in [0.29, 0.717) is 6.54 Å². The first-order valence-electron chi connectivity index (χ1n) is 5.12. The number of hydrogen-bond acceptors (Lipinski definition) is 2. The average Bonchev–Trinajstić information content (AvgIpc) is 2.17. The van der Waals surface area contributed by atoms with Crippen LogP contribution < -0.4 is 11.1 Å². The normalized spacial score (nSPS) is 10.5. The Morgan fingerprint density at radius 1 is 1.53 bits per heavy atom. The molecule has 0 aliphatic carbocycles. The molecule has 0 aromatic rings. The number of alkyl halides is 2. The number of halogens is 2. The van der Waals surface area contributed by atoms with Gasteiger partial charge in [0.2, 0.25) is 0 Å². The van der Waals surface area contributed by atoms with E-state index in [0.717, 1.165) is 17.7 Å². The Morgan fingerprint density at radius 2 is 2.20 bits per heavy atom. The van der Waals surface area contributed by atoms with E-state index in [2.05, 4.69) is 5.32 Å². The molecule has 0 radical (unpaired) electrons. The second-order valence-electron chi connectivity index (χ2n) is 3.21. The standard InChI is InChI=1S/C9H19F2N3O/c1-2-3-5-13-9(15)14(6-4-12)7-8(10)11/h8H,2-7,12H2,1H3,(H,13,15). The van der Waals surface area contributed by atoms with Crippen molar-refractivity contribution in [2.45, 2.75) is 26.2 Å². The molecule has 0 rings (SSSR count). The molecule has 0 bridgehead atoms. The van der Waals surface area contributed by atoms with Crippen LogP contribution in [0, 0.1) is 0 Å². The minimum absolute atomic E-state index is 0.155. The van der Waals surface area contributed by atoms with Gasteiger partial charge in [0.1, 0.15) is 0 Å². The number of amides is 2. The van der Waals surface area contributed by atoms with E-state index in [-0.39, 0.29) is 13.1 Å². The number of nitrogens with one attached hydrogen (secondary N) is 1. The molecular formula is C9H19F2N3O. The number of nitrogens with two attached hydrogens (primary N) is 1. The number of urea groups is 1. The summed E-state index contributed by atoms with van der Waals surface area (Å²) >= 11 is 0. The number of nitrogens with zero attached hydrogens (tertiary/aromatic N) is 1. The summed E-state index contributed by atoms with van der Waals surface area (Å²) in [4.78, 5) is 12.4. The summed E-state index contributed by atoms with van der Waals surface area (Å²) in [5, 5.41) is 2.57. The highest BCUT2D eigenvalue weighted by molar-refractivity contribution is 5.74. The van der Waals surface area contributed by atoms with E-state index in [4.69, 9.17) is 5.73 Å². The Labute approximate surface area is 88.8 Å². The highest BCUT2D eigenvalue weighted by atomic mass is 19.3. The van der Waals surface area contributed by atoms with Crippen molar-refractivity contribution in [1.82, 2.24) is 10.2 Å². The van der Waals surface area contributed by atoms with E-state index in [1.54, 1.807) is 0 Å². The van der Waals surface area contributed by atoms with Crippen molar-refractivity contribution in [3.05, 3.63) is 0 Å². The summed E-state index contributed by atoms with van der Waals surface area (Å²) in [6.07, 6.45) is -0.725. The Morgan fingerprint density at radius 3 is 2.67 bits per heavy atom. The zero-order valence-electron chi connectivity index (χ0n) is 9.01. The molecule has 0 spiro atoms. The maximum atomic E-state index is 12.1. The fraction of sp³-hybridized carbons (Fsp3) is 0.889. The largest absolute Gasteiger partial charge is 0.338 e. The molecule has 0 aliphatic rings. The van der Waals surface area contributed by atoms with Crippen molar-refractivity contribution in [3.8, 4) is 0 Å². The van der Waals surface area contributed by atoms with Gasteiger partial charge in [0.05, 0.1) is 6.54 Å². The van der Waals surface area contributed by atoms with Gasteiger partial charge in [-0.1, -0.05) is 13.3 Å². The second kappa shape index (κ2) is 8.40. The van der Waals surface area contributed by atoms with Crippen LogP contribution in [0.25, 0.3) is 0 Å². The predicted molar refractivity (Wildman–Crippen MR) is 54.9 cm³/mol. The van der Waals surface area contributed by atoms with Gasteiger partial charge in [-0.3, -0.25) is 0 Å². The molecule has 90 valence electrons. The van der Waals surface area contributed by atoms with Crippen LogP contribution in [0.2, 0.25) is 0 Å². The Balaban J connectivity index is 3.92. The van der Waals surface area contributed by atoms with E-state index < -0.39 is 19.0 Å². The van der Waals surface area contributed by atoms with Gasteiger partial charge in [-0.25, -0.2) is 13.6 Å². The Kier molecular flexibility index (Phi) is 7.89. The van der Waals surface area contributed by atoms with E-state index in [9.17, 15) is 13.6 Å². The summed E-state index contributed by atoms with van der Waals surface area (Å²) in [6, 6.07) is -0.464. The predicted octanol–water partition coefficient (Wildman–Crippen LogP) is 1.02. The molecule has 3 N–H and O–H groups in total. The Bertz CT molecular complexity index is 179. The van der Waals surface area contributed by atoms with Gasteiger partial charge in [0.25, 0.3) is 6.43 Å². The lowest BCUT2D eigenvalue weighted by molar-refractivity contribution is 0.0995. The highest BCUT2D eigenvalue weighted by Gasteiger charge is 2.16. The van der Waals surface area contributed by atoms with Gasteiger partial charge in [-0.2, -0.15) is 0 Å². The molecule has 0 atom stereocenters. The van der Waals surface area contributed by atoms with Crippen LogP contribution in [0.3, 0.4) is 0 Å². The van der Waals surface area contributed by atoms with E-state index in [1.165, 1.54) is 0 Å². The lowest BCUT2D eigenvalue weighted by Gasteiger charge is -2.21. The Hall–Kier alpha value is -0.910. The zero-order chi connectivity index (χ0) is 11.7. The summed E-state index contributed by atoms with van der Waals surface area (Å²) in [6.45, 7) is 2.29. The second-order valence-corrected chi connectivity index (χ2v) is 3.21. The molecular weight excluding hydrogens is 204 g/mol. The van der Waals surface area contributed by atoms with Crippen molar-refractivity contribution >= 4 is 6.03 Å². The lowest BCUT2D eigenvalue weighted by atomic mass is 10.3. The first-order valence-corrected chi connectivity index (χ1v) is 5.12. The van der Waals surface area contributed by atoms with Gasteiger partial charge in [0, 0.05) is 19.6 Å². The quantitative estimate of drug-likeness (QED) is 0.633. The third-order valence-corrected chi connectivity index (χ3v) is 1.85. The third kappa shape index (κ3) is 7.07. The fourth-order valence-electron chi connectivity index (χ4n) is 1.08. The molecule has 0 saturated heterocycles. The minimum atomic E-state index is -2.52. The number of unbranched alkanes of at least 4 members (excludes halogenated alkanes) is 1. The van der Waals surface area contributed by atoms with Crippen LogP contribution in [0.5, 0.6) is 0 Å². The molecule has 0 heterocycles. The average molecular weight is 223 g/mol. The minimum Gasteiger partial charge on any atom is -0.338 e. The number of rotatable bonds is 7. The first kappa shape index (κ1) is 14.1. The molecule has 6 heteroatoms. The van der Waals surface area contributed by atoms with Crippen LogP contribution in [0.4, 0.5) is 13.6 Å². The molecule has 0 saturated carbocycles. The van der Waals surface area contributed by atoms with E-state index >= 15 is 0 Å². The van der Waals surface area contributed by atoms with Crippen LogP contribution >= 0.6 is 0 Å². The van der Waals surface area contributed by atoms with Crippen LogP contribution in [0.1, 0.15) is 19.8 Å². The molecule has 0 fully saturated rings. The number of carbonyl (C=O) groups excluding carboxylic acids is 1. The zero-order valence-corrected chi connectivity index (χ0v) is 9.01. The molecule has 15 heavy (non-hydrogen) atoms. The third-order valence-electron chi connectivity index (χ3n) is 1.85. The van der Waals surface area contributed by atoms with Gasteiger partial charge < -0.3 is 16.0 Å². The molecule has 2 amide bonds. The maximum absolute atomic E-state index is 12.1. The van der Waals surface area contributed by atoms with Crippen molar-refractivity contribution in [1.29, 1.82) is 0 Å². The lowest BCUT2D eigenvalue weighted by Crippen LogP contribution is -2.45. The topological polar surface area (TPSA) is 58.4 Å². The van der Waals surface area contributed by atoms with Gasteiger partial charge in [-0.05, 0) is 6.42 Å². The van der Waals surface area contributed by atoms with Crippen molar-refractivity contribution in [3.63, 3.8) is 0 Å².